The predicted octanol–water partition coefficient (Wildman–Crippen LogP) is 2.24. The first kappa shape index (κ1) is 19.9. The number of fused-ring (bicyclic) bond motifs is 1. The van der Waals surface area contributed by atoms with Gasteiger partial charge in [-0.05, 0) is 44.2 Å². The van der Waals surface area contributed by atoms with E-state index in [2.05, 4.69) is 0 Å². The van der Waals surface area contributed by atoms with Crippen LogP contribution in [0.1, 0.15) is 44.9 Å². The van der Waals surface area contributed by atoms with Gasteiger partial charge in [0.25, 0.3) is 0 Å². The van der Waals surface area contributed by atoms with Crippen molar-refractivity contribution in [2.45, 2.75) is 55.4 Å². The summed E-state index contributed by atoms with van der Waals surface area (Å²) in [6.45, 7) is 1.90. The third-order valence-corrected chi connectivity index (χ3v) is 8.73. The van der Waals surface area contributed by atoms with Crippen molar-refractivity contribution in [1.29, 1.82) is 0 Å². The molecule has 1 aromatic carbocycles. The number of carbonyl (C=O) groups excluding carboxylic acids is 1. The number of sulfonamides is 1. The lowest BCUT2D eigenvalue weighted by molar-refractivity contribution is -0.148. The SMILES string of the molecule is O=C([C@@H]1CCCN(S(=O)(=O)c2ccccc2)C1)N1CC[C@]2(O)CCCC[C@@H]2C1. The number of nitrogens with zero attached hydrogens (tertiary/aromatic N) is 2. The Labute approximate surface area is 167 Å². The van der Waals surface area contributed by atoms with Gasteiger partial charge in [-0.2, -0.15) is 4.31 Å². The molecule has 1 amide bonds. The van der Waals surface area contributed by atoms with Gasteiger partial charge in [-0.1, -0.05) is 31.0 Å². The van der Waals surface area contributed by atoms with Gasteiger partial charge in [0, 0.05) is 32.1 Å². The summed E-state index contributed by atoms with van der Waals surface area (Å²) >= 11 is 0. The molecular weight excluding hydrogens is 376 g/mol. The van der Waals surface area contributed by atoms with Crippen LogP contribution < -0.4 is 0 Å². The van der Waals surface area contributed by atoms with Gasteiger partial charge >= 0.3 is 0 Å². The summed E-state index contributed by atoms with van der Waals surface area (Å²) in [5.74, 6) is -0.0747. The highest BCUT2D eigenvalue weighted by molar-refractivity contribution is 7.89. The van der Waals surface area contributed by atoms with Gasteiger partial charge in [0.1, 0.15) is 0 Å². The van der Waals surface area contributed by atoms with Gasteiger partial charge in [0.2, 0.25) is 15.9 Å². The number of amides is 1. The van der Waals surface area contributed by atoms with Gasteiger partial charge in [-0.15, -0.1) is 0 Å². The number of likely N-dealkylation sites (tertiary alicyclic amines) is 1. The van der Waals surface area contributed by atoms with E-state index in [9.17, 15) is 18.3 Å². The number of piperidine rings is 2. The summed E-state index contributed by atoms with van der Waals surface area (Å²) < 4.78 is 27.3. The Kier molecular flexibility index (Phi) is 5.51. The Hall–Kier alpha value is -1.44. The molecule has 0 aromatic heterocycles. The molecule has 7 heteroatoms. The van der Waals surface area contributed by atoms with Crippen molar-refractivity contribution in [2.24, 2.45) is 11.8 Å². The normalized spacial score (nSPS) is 32.0. The first-order chi connectivity index (χ1) is 13.4. The molecular formula is C21H30N2O4S. The Morgan fingerprint density at radius 1 is 1.00 bits per heavy atom. The molecule has 2 saturated heterocycles. The minimum atomic E-state index is -3.57. The Bertz CT molecular complexity index is 813. The van der Waals surface area contributed by atoms with Crippen LogP contribution in [0.2, 0.25) is 0 Å². The summed E-state index contributed by atoms with van der Waals surface area (Å²) in [6.07, 6.45) is 6.06. The second kappa shape index (κ2) is 7.76. The van der Waals surface area contributed by atoms with Crippen LogP contribution in [0.15, 0.2) is 35.2 Å². The van der Waals surface area contributed by atoms with Crippen LogP contribution in [0, 0.1) is 11.8 Å². The molecule has 2 heterocycles. The largest absolute Gasteiger partial charge is 0.389 e. The van der Waals surface area contributed by atoms with Crippen molar-refractivity contribution in [2.75, 3.05) is 26.2 Å². The van der Waals surface area contributed by atoms with Crippen molar-refractivity contribution in [1.82, 2.24) is 9.21 Å². The number of benzene rings is 1. The van der Waals surface area contributed by atoms with Gasteiger partial charge < -0.3 is 10.0 Å². The topological polar surface area (TPSA) is 77.9 Å². The molecule has 1 N–H and O–H groups in total. The van der Waals surface area contributed by atoms with Crippen LogP contribution in [0.25, 0.3) is 0 Å². The molecule has 2 aliphatic heterocycles. The third-order valence-electron chi connectivity index (χ3n) is 6.85. The highest BCUT2D eigenvalue weighted by Gasteiger charge is 2.45. The minimum absolute atomic E-state index is 0.0561. The molecule has 6 nitrogen and oxygen atoms in total. The molecule has 0 spiro atoms. The monoisotopic (exact) mass is 406 g/mol. The lowest BCUT2D eigenvalue weighted by atomic mass is 9.71. The third kappa shape index (κ3) is 3.72. The van der Waals surface area contributed by atoms with Crippen LogP contribution in [0.3, 0.4) is 0 Å². The maximum absolute atomic E-state index is 13.2. The van der Waals surface area contributed by atoms with Crippen molar-refractivity contribution in [3.63, 3.8) is 0 Å². The summed E-state index contributed by atoms with van der Waals surface area (Å²) in [5.41, 5.74) is -0.607. The van der Waals surface area contributed by atoms with Crippen LogP contribution in [0.4, 0.5) is 0 Å². The lowest BCUT2D eigenvalue weighted by Crippen LogP contribution is -2.56. The van der Waals surface area contributed by atoms with Crippen LogP contribution >= 0.6 is 0 Å². The van der Waals surface area contributed by atoms with E-state index in [1.165, 1.54) is 4.31 Å². The molecule has 0 radical (unpaired) electrons. The summed E-state index contributed by atoms with van der Waals surface area (Å²) in [5, 5.41) is 10.9. The quantitative estimate of drug-likeness (QED) is 0.835. The van der Waals surface area contributed by atoms with Gasteiger partial charge in [-0.3, -0.25) is 4.79 Å². The smallest absolute Gasteiger partial charge is 0.243 e. The number of carbonyl (C=O) groups is 1. The molecule has 1 aromatic rings. The Morgan fingerprint density at radius 3 is 2.57 bits per heavy atom. The average molecular weight is 407 g/mol. The molecule has 4 rings (SSSR count). The van der Waals surface area contributed by atoms with E-state index in [0.717, 1.165) is 32.1 Å². The second-order valence-electron chi connectivity index (χ2n) is 8.60. The molecule has 3 aliphatic rings. The molecule has 1 aliphatic carbocycles. The van der Waals surface area contributed by atoms with E-state index in [0.29, 0.717) is 32.5 Å². The number of hydrogen-bond acceptors (Lipinski definition) is 4. The lowest BCUT2D eigenvalue weighted by Gasteiger charge is -2.48. The van der Waals surface area contributed by atoms with E-state index in [4.69, 9.17) is 0 Å². The molecule has 154 valence electrons. The van der Waals surface area contributed by atoms with Gasteiger partial charge in [0.15, 0.2) is 0 Å². The fourth-order valence-corrected chi connectivity index (χ4v) is 6.68. The average Bonchev–Trinajstić information content (AvgIpc) is 2.73. The zero-order valence-electron chi connectivity index (χ0n) is 16.3. The molecule has 3 atom stereocenters. The van der Waals surface area contributed by atoms with Crippen LogP contribution in [0.5, 0.6) is 0 Å². The first-order valence-electron chi connectivity index (χ1n) is 10.5. The molecule has 3 fully saturated rings. The van der Waals surface area contributed by atoms with E-state index in [1.807, 2.05) is 4.90 Å². The fraction of sp³-hybridized carbons (Fsp3) is 0.667. The zero-order valence-corrected chi connectivity index (χ0v) is 17.1. The van der Waals surface area contributed by atoms with Crippen molar-refractivity contribution < 1.29 is 18.3 Å². The summed E-state index contributed by atoms with van der Waals surface area (Å²) in [4.78, 5) is 15.3. The predicted molar refractivity (Wildman–Crippen MR) is 106 cm³/mol. The van der Waals surface area contributed by atoms with Gasteiger partial charge in [-0.25, -0.2) is 8.42 Å². The van der Waals surface area contributed by atoms with E-state index < -0.39 is 15.6 Å². The zero-order chi connectivity index (χ0) is 19.8. The minimum Gasteiger partial charge on any atom is -0.389 e. The second-order valence-corrected chi connectivity index (χ2v) is 10.5. The summed E-state index contributed by atoms with van der Waals surface area (Å²) in [6, 6.07) is 8.45. The van der Waals surface area contributed by atoms with Crippen molar-refractivity contribution in [3.8, 4) is 0 Å². The number of hydrogen-bond donors (Lipinski definition) is 1. The van der Waals surface area contributed by atoms with E-state index >= 15 is 0 Å². The molecule has 1 saturated carbocycles. The highest BCUT2D eigenvalue weighted by atomic mass is 32.2. The molecule has 0 bridgehead atoms. The standard InChI is InChI=1S/C21H30N2O4S/c24-20(22-14-12-21(25)11-5-4-8-18(21)16-22)17-7-6-13-23(15-17)28(26,27)19-9-2-1-3-10-19/h1-3,9-10,17-18,25H,4-8,11-16H2/t17-,18-,21-/m1/s1. The molecule has 28 heavy (non-hydrogen) atoms. The van der Waals surface area contributed by atoms with Crippen LogP contribution in [-0.4, -0.2) is 60.4 Å². The molecule has 0 unspecified atom stereocenters. The Morgan fingerprint density at radius 2 is 1.79 bits per heavy atom. The highest BCUT2D eigenvalue weighted by Crippen LogP contribution is 2.40. The van der Waals surface area contributed by atoms with Crippen molar-refractivity contribution in [3.05, 3.63) is 30.3 Å². The number of rotatable bonds is 3. The van der Waals surface area contributed by atoms with E-state index in [1.54, 1.807) is 30.3 Å². The van der Waals surface area contributed by atoms with Crippen molar-refractivity contribution >= 4 is 15.9 Å². The fourth-order valence-electron chi connectivity index (χ4n) is 5.13. The maximum Gasteiger partial charge on any atom is 0.243 e. The first-order valence-corrected chi connectivity index (χ1v) is 11.9. The van der Waals surface area contributed by atoms with E-state index in [-0.39, 0.29) is 29.2 Å². The maximum atomic E-state index is 13.2. The summed E-state index contributed by atoms with van der Waals surface area (Å²) in [7, 11) is -3.57. The van der Waals surface area contributed by atoms with Gasteiger partial charge in [0.05, 0.1) is 16.4 Å². The Balaban J connectivity index is 1.44. The van der Waals surface area contributed by atoms with Crippen LogP contribution in [-0.2, 0) is 14.8 Å². The number of aliphatic hydroxyl groups is 1.